The van der Waals surface area contributed by atoms with Gasteiger partial charge in [-0.15, -0.1) is 0 Å². The van der Waals surface area contributed by atoms with Crippen LogP contribution in [-0.2, 0) is 14.4 Å². The molecule has 7 nitrogen and oxygen atoms in total. The van der Waals surface area contributed by atoms with Crippen molar-refractivity contribution >= 4 is 17.5 Å². The predicted molar refractivity (Wildman–Crippen MR) is 89.8 cm³/mol. The molecule has 3 atom stereocenters. The Bertz CT molecular complexity index is 888. The minimum atomic E-state index is -1.06. The Hall–Kier alpha value is -2.83. The summed E-state index contributed by atoms with van der Waals surface area (Å²) >= 11 is 0. The van der Waals surface area contributed by atoms with Crippen LogP contribution in [0, 0.1) is 17.8 Å². The van der Waals surface area contributed by atoms with Crippen molar-refractivity contribution in [2.75, 3.05) is 0 Å². The first-order valence-electron chi connectivity index (χ1n) is 8.66. The molecule has 1 saturated carbocycles. The Kier molecular flexibility index (Phi) is 3.57. The maximum absolute atomic E-state index is 12.9. The number of Topliss-reactive ketones (excluding diaryl/α,β-unsaturated/α-hetero) is 2. The summed E-state index contributed by atoms with van der Waals surface area (Å²) in [7, 11) is 0. The van der Waals surface area contributed by atoms with Crippen LogP contribution in [0.2, 0.25) is 0 Å². The molecule has 0 heterocycles. The summed E-state index contributed by atoms with van der Waals surface area (Å²) in [4.78, 5) is 37.1. The summed E-state index contributed by atoms with van der Waals surface area (Å²) in [5, 5.41) is 30.9. The number of primary amides is 1. The highest BCUT2D eigenvalue weighted by atomic mass is 16.3. The molecule has 4 aliphatic rings. The molecule has 1 amide bonds. The lowest BCUT2D eigenvalue weighted by Crippen LogP contribution is -2.43. The molecule has 136 valence electrons. The van der Waals surface area contributed by atoms with Crippen LogP contribution in [0.15, 0.2) is 45.6 Å². The van der Waals surface area contributed by atoms with Crippen LogP contribution in [0.3, 0.4) is 0 Å². The van der Waals surface area contributed by atoms with Gasteiger partial charge in [-0.25, -0.2) is 0 Å². The van der Waals surface area contributed by atoms with Crippen molar-refractivity contribution in [3.05, 3.63) is 45.6 Å². The van der Waals surface area contributed by atoms with E-state index in [4.69, 9.17) is 5.73 Å². The third-order valence-corrected chi connectivity index (χ3v) is 5.88. The number of nitrogens with two attached hydrogens (primary N) is 1. The first-order valence-corrected chi connectivity index (χ1v) is 8.66. The van der Waals surface area contributed by atoms with E-state index < -0.39 is 34.9 Å². The number of carbonyl (C=O) groups excluding carboxylic acids is 3. The fourth-order valence-corrected chi connectivity index (χ4v) is 4.82. The van der Waals surface area contributed by atoms with E-state index in [9.17, 15) is 29.7 Å². The molecule has 7 heteroatoms. The van der Waals surface area contributed by atoms with Crippen molar-refractivity contribution in [3.63, 3.8) is 0 Å². The summed E-state index contributed by atoms with van der Waals surface area (Å²) in [6, 6.07) is 0. The average Bonchev–Trinajstić information content (AvgIpc) is 2.53. The molecule has 0 bridgehead atoms. The standard InChI is InChI=1S/C19H19NO6/c20-19(26)15-11(22)6-9-5-8-4-7-2-1-3-10(21)12(7)16(23)13(8)17(24)14(9)18(15)25/h2,8-9,14,21-22,24H,1,3-6H2,(H2,20,26). The van der Waals surface area contributed by atoms with Crippen molar-refractivity contribution in [1.29, 1.82) is 0 Å². The van der Waals surface area contributed by atoms with Crippen LogP contribution < -0.4 is 5.73 Å². The van der Waals surface area contributed by atoms with Gasteiger partial charge in [0.25, 0.3) is 5.91 Å². The number of carbonyl (C=O) groups is 3. The topological polar surface area (TPSA) is 138 Å². The van der Waals surface area contributed by atoms with Crippen molar-refractivity contribution in [3.8, 4) is 0 Å². The molecule has 0 spiro atoms. The molecular formula is C19H19NO6. The van der Waals surface area contributed by atoms with E-state index in [-0.39, 0.29) is 40.8 Å². The second-order valence-corrected chi connectivity index (χ2v) is 7.35. The van der Waals surface area contributed by atoms with Crippen LogP contribution >= 0.6 is 0 Å². The number of hydrogen-bond donors (Lipinski definition) is 4. The van der Waals surface area contributed by atoms with E-state index in [0.717, 1.165) is 5.57 Å². The maximum atomic E-state index is 12.9. The molecule has 1 fully saturated rings. The van der Waals surface area contributed by atoms with Gasteiger partial charge < -0.3 is 21.1 Å². The number of ketones is 2. The quantitative estimate of drug-likeness (QED) is 0.528. The van der Waals surface area contributed by atoms with Gasteiger partial charge in [0.1, 0.15) is 22.9 Å². The zero-order chi connectivity index (χ0) is 18.7. The Morgan fingerprint density at radius 2 is 1.85 bits per heavy atom. The summed E-state index contributed by atoms with van der Waals surface area (Å²) in [5.41, 5.74) is 5.84. The van der Waals surface area contributed by atoms with Crippen LogP contribution in [0.4, 0.5) is 0 Å². The number of fused-ring (bicyclic) bond motifs is 3. The van der Waals surface area contributed by atoms with E-state index in [0.29, 0.717) is 25.7 Å². The summed E-state index contributed by atoms with van der Waals surface area (Å²) in [6.45, 7) is 0. The number of rotatable bonds is 1. The predicted octanol–water partition coefficient (Wildman–Crippen LogP) is 1.83. The van der Waals surface area contributed by atoms with Crippen molar-refractivity contribution in [2.45, 2.75) is 32.1 Å². The second-order valence-electron chi connectivity index (χ2n) is 7.35. The van der Waals surface area contributed by atoms with Gasteiger partial charge in [-0.1, -0.05) is 6.08 Å². The third-order valence-electron chi connectivity index (χ3n) is 5.88. The lowest BCUT2D eigenvalue weighted by atomic mass is 9.61. The van der Waals surface area contributed by atoms with Gasteiger partial charge in [0, 0.05) is 18.4 Å². The van der Waals surface area contributed by atoms with E-state index >= 15 is 0 Å². The van der Waals surface area contributed by atoms with Crippen molar-refractivity contribution in [2.24, 2.45) is 23.5 Å². The SMILES string of the molecule is NC(=O)C1=C(O)CC2CC3CC4=CCCC(O)=C4C(=O)C3=C(O)C2C1=O. The van der Waals surface area contributed by atoms with Gasteiger partial charge in [-0.3, -0.25) is 14.4 Å². The lowest BCUT2D eigenvalue weighted by molar-refractivity contribution is -0.126. The number of allylic oxidation sites excluding steroid dienone is 7. The smallest absolute Gasteiger partial charge is 0.255 e. The van der Waals surface area contributed by atoms with Crippen LogP contribution in [0.1, 0.15) is 32.1 Å². The number of amides is 1. The lowest BCUT2D eigenvalue weighted by Gasteiger charge is -2.41. The minimum Gasteiger partial charge on any atom is -0.512 e. The van der Waals surface area contributed by atoms with Crippen LogP contribution in [0.25, 0.3) is 0 Å². The summed E-state index contributed by atoms with van der Waals surface area (Å²) in [6.07, 6.45) is 3.95. The Labute approximate surface area is 149 Å². The van der Waals surface area contributed by atoms with E-state index in [1.807, 2.05) is 6.08 Å². The molecule has 4 rings (SSSR count). The monoisotopic (exact) mass is 357 g/mol. The van der Waals surface area contributed by atoms with Gasteiger partial charge in [-0.2, -0.15) is 0 Å². The largest absolute Gasteiger partial charge is 0.512 e. The molecule has 26 heavy (non-hydrogen) atoms. The van der Waals surface area contributed by atoms with Crippen LogP contribution in [0.5, 0.6) is 0 Å². The van der Waals surface area contributed by atoms with E-state index in [2.05, 4.69) is 0 Å². The van der Waals surface area contributed by atoms with Gasteiger partial charge in [0.2, 0.25) is 0 Å². The molecule has 3 unspecified atom stereocenters. The number of aliphatic hydroxyl groups excluding tert-OH is 3. The second kappa shape index (κ2) is 5.59. The molecule has 0 saturated heterocycles. The third kappa shape index (κ3) is 2.16. The zero-order valence-corrected chi connectivity index (χ0v) is 14.0. The fourth-order valence-electron chi connectivity index (χ4n) is 4.82. The van der Waals surface area contributed by atoms with Crippen LogP contribution in [-0.4, -0.2) is 32.8 Å². The molecule has 5 N–H and O–H groups in total. The average molecular weight is 357 g/mol. The van der Waals surface area contributed by atoms with Crippen molar-refractivity contribution in [1.82, 2.24) is 0 Å². The first-order chi connectivity index (χ1) is 12.3. The Morgan fingerprint density at radius 3 is 2.54 bits per heavy atom. The zero-order valence-electron chi connectivity index (χ0n) is 14.0. The number of aliphatic hydroxyl groups is 3. The maximum Gasteiger partial charge on any atom is 0.255 e. The minimum absolute atomic E-state index is 0.0127. The fraction of sp³-hybridized carbons (Fsp3) is 0.421. The molecule has 0 aliphatic heterocycles. The Balaban J connectivity index is 1.82. The molecule has 4 aliphatic carbocycles. The van der Waals surface area contributed by atoms with Gasteiger partial charge in [0.05, 0.1) is 11.5 Å². The van der Waals surface area contributed by atoms with Crippen molar-refractivity contribution < 1.29 is 29.7 Å². The Morgan fingerprint density at radius 1 is 1.12 bits per heavy atom. The summed E-state index contributed by atoms with van der Waals surface area (Å²) < 4.78 is 0. The first kappa shape index (κ1) is 16.6. The van der Waals surface area contributed by atoms with Gasteiger partial charge in [-0.05, 0) is 36.7 Å². The molecule has 0 aromatic carbocycles. The highest BCUT2D eigenvalue weighted by Gasteiger charge is 2.50. The van der Waals surface area contributed by atoms with E-state index in [1.54, 1.807) is 0 Å². The molecule has 0 aromatic rings. The molecule has 0 radical (unpaired) electrons. The highest BCUT2D eigenvalue weighted by Crippen LogP contribution is 2.51. The molecule has 0 aromatic heterocycles. The van der Waals surface area contributed by atoms with Gasteiger partial charge in [0.15, 0.2) is 11.6 Å². The number of hydrogen-bond acceptors (Lipinski definition) is 6. The normalized spacial score (nSPS) is 31.4. The molecular weight excluding hydrogens is 338 g/mol. The van der Waals surface area contributed by atoms with Gasteiger partial charge >= 0.3 is 0 Å². The highest BCUT2D eigenvalue weighted by molar-refractivity contribution is 6.22. The summed E-state index contributed by atoms with van der Waals surface area (Å²) in [5.74, 6) is -4.65. The van der Waals surface area contributed by atoms with E-state index in [1.165, 1.54) is 0 Å².